The Hall–Kier alpha value is -4.01. The second-order valence-electron chi connectivity index (χ2n) is 9.95. The van der Waals surface area contributed by atoms with Crippen LogP contribution in [0.3, 0.4) is 0 Å². The molecule has 36 heavy (non-hydrogen) atoms. The second-order valence-corrected chi connectivity index (χ2v) is 9.95. The molecule has 5 heterocycles. The third-order valence-corrected chi connectivity index (χ3v) is 7.85. The molecule has 1 spiro atoms. The van der Waals surface area contributed by atoms with E-state index in [2.05, 4.69) is 5.32 Å². The maximum absolute atomic E-state index is 14.2. The topological polar surface area (TPSA) is 104 Å². The molecule has 1 N–H and O–H groups in total. The molecule has 0 bridgehead atoms. The largest absolute Gasteiger partial charge is 0.352 e. The second kappa shape index (κ2) is 8.29. The summed E-state index contributed by atoms with van der Waals surface area (Å²) in [6, 6.07) is 11.7. The Bertz CT molecular complexity index is 1470. The van der Waals surface area contributed by atoms with Gasteiger partial charge < -0.3 is 4.90 Å². The van der Waals surface area contributed by atoms with Gasteiger partial charge in [0.25, 0.3) is 5.56 Å². The van der Waals surface area contributed by atoms with Crippen LogP contribution in [0.5, 0.6) is 0 Å². The van der Waals surface area contributed by atoms with E-state index in [1.165, 1.54) is 4.40 Å². The summed E-state index contributed by atoms with van der Waals surface area (Å²) in [5.74, 6) is -0.617. The molecule has 0 saturated carbocycles. The molecule has 2 aromatic heterocycles. The van der Waals surface area contributed by atoms with Crippen LogP contribution in [0.15, 0.2) is 53.5 Å². The number of pyridine rings is 1. The molecular weight excluding hydrogens is 458 g/mol. The summed E-state index contributed by atoms with van der Waals surface area (Å²) in [4.78, 5) is 62.5. The maximum Gasteiger partial charge on any atom is 0.331 e. The molecule has 2 atom stereocenters. The van der Waals surface area contributed by atoms with Gasteiger partial charge in [0, 0.05) is 19.2 Å². The highest BCUT2D eigenvalue weighted by Gasteiger charge is 2.62. The molecule has 0 radical (unpaired) electrons. The predicted octanol–water partition coefficient (Wildman–Crippen LogP) is 2.57. The molecule has 1 aromatic carbocycles. The molecular formula is C27H27N5O4. The van der Waals surface area contributed by atoms with Gasteiger partial charge in [-0.3, -0.25) is 29.0 Å². The van der Waals surface area contributed by atoms with Crippen molar-refractivity contribution in [2.45, 2.75) is 51.6 Å². The molecule has 3 aliphatic rings. The van der Waals surface area contributed by atoms with Gasteiger partial charge in [-0.15, -0.1) is 0 Å². The molecule has 9 heteroatoms. The van der Waals surface area contributed by atoms with Gasteiger partial charge in [0.05, 0.1) is 18.2 Å². The Morgan fingerprint density at radius 1 is 1.03 bits per heavy atom. The van der Waals surface area contributed by atoms with Crippen LogP contribution in [0.1, 0.15) is 42.4 Å². The van der Waals surface area contributed by atoms with E-state index in [9.17, 15) is 19.2 Å². The van der Waals surface area contributed by atoms with Crippen LogP contribution in [0.4, 0.5) is 10.6 Å². The van der Waals surface area contributed by atoms with Gasteiger partial charge in [-0.25, -0.2) is 9.78 Å². The van der Waals surface area contributed by atoms with Crippen LogP contribution in [0, 0.1) is 12.3 Å². The molecule has 4 amide bonds. The lowest BCUT2D eigenvalue weighted by Gasteiger charge is -2.50. The Balaban J connectivity index is 1.54. The number of fused-ring (bicyclic) bond motifs is 5. The van der Waals surface area contributed by atoms with E-state index in [0.717, 1.165) is 35.3 Å². The number of rotatable bonds is 2. The minimum Gasteiger partial charge on any atom is -0.352 e. The van der Waals surface area contributed by atoms with Crippen LogP contribution >= 0.6 is 0 Å². The molecule has 0 aliphatic carbocycles. The van der Waals surface area contributed by atoms with Crippen molar-refractivity contribution in [3.8, 4) is 0 Å². The lowest BCUT2D eigenvalue weighted by molar-refractivity contribution is -0.154. The standard InChI is InChI=1S/C27H27N5O4/c1-17-9-8-14-31-21(17)28-22-19(23(31)33)15-27(20-12-6-3-7-13-30(20)22)24(34)29-26(36)32(25(27)35)16-18-10-4-2-5-11-18/h2,4-5,8-11,14,20H,3,6-7,12-13,15-16H2,1H3,(H,29,34,36)/t20-,27-/m1/s1. The number of imide groups is 2. The highest BCUT2D eigenvalue weighted by Crippen LogP contribution is 2.46. The fraction of sp³-hybridized carbons (Fsp3) is 0.370. The monoisotopic (exact) mass is 485 g/mol. The highest BCUT2D eigenvalue weighted by molar-refractivity contribution is 6.20. The van der Waals surface area contributed by atoms with E-state index in [4.69, 9.17) is 4.98 Å². The van der Waals surface area contributed by atoms with Gasteiger partial charge >= 0.3 is 6.03 Å². The van der Waals surface area contributed by atoms with Crippen LogP contribution < -0.4 is 15.8 Å². The van der Waals surface area contributed by atoms with Gasteiger partial charge in [0.15, 0.2) is 5.41 Å². The van der Waals surface area contributed by atoms with Crippen molar-refractivity contribution in [2.24, 2.45) is 5.41 Å². The number of nitrogens with zero attached hydrogens (tertiary/aromatic N) is 4. The molecule has 9 nitrogen and oxygen atoms in total. The SMILES string of the molecule is Cc1cccn2c(=O)c3c(nc12)N1CCCCC[C@@H]1[C@]1(C3)C(=O)NC(=O)N(Cc2ccccc2)C1=O. The van der Waals surface area contributed by atoms with Crippen molar-refractivity contribution < 1.29 is 14.4 Å². The smallest absolute Gasteiger partial charge is 0.331 e. The summed E-state index contributed by atoms with van der Waals surface area (Å²) >= 11 is 0. The first-order chi connectivity index (χ1) is 17.4. The maximum atomic E-state index is 14.2. The minimum absolute atomic E-state index is 0.0499. The molecule has 6 rings (SSSR count). The van der Waals surface area contributed by atoms with Crippen molar-refractivity contribution >= 4 is 29.3 Å². The number of urea groups is 1. The summed E-state index contributed by atoms with van der Waals surface area (Å²) in [6.45, 7) is 2.54. The third-order valence-electron chi connectivity index (χ3n) is 7.85. The molecule has 3 aliphatic heterocycles. The molecule has 184 valence electrons. The fourth-order valence-corrected chi connectivity index (χ4v) is 6.05. The minimum atomic E-state index is -1.58. The summed E-state index contributed by atoms with van der Waals surface area (Å²) in [6.07, 6.45) is 4.83. The molecule has 0 unspecified atom stereocenters. The number of nitrogens with one attached hydrogen (secondary N) is 1. The van der Waals surface area contributed by atoms with E-state index in [-0.39, 0.29) is 18.5 Å². The van der Waals surface area contributed by atoms with Crippen molar-refractivity contribution in [3.63, 3.8) is 0 Å². The first-order valence-electron chi connectivity index (χ1n) is 12.4. The number of carbonyl (C=O) groups excluding carboxylic acids is 3. The molecule has 2 fully saturated rings. The third kappa shape index (κ3) is 3.18. The van der Waals surface area contributed by atoms with E-state index in [1.54, 1.807) is 12.3 Å². The number of barbiturate groups is 1. The van der Waals surface area contributed by atoms with E-state index < -0.39 is 29.3 Å². The van der Waals surface area contributed by atoms with Crippen LogP contribution in [-0.2, 0) is 22.6 Å². The Morgan fingerprint density at radius 2 is 1.83 bits per heavy atom. The van der Waals surface area contributed by atoms with Crippen LogP contribution in [0.2, 0.25) is 0 Å². The lowest BCUT2D eigenvalue weighted by Crippen LogP contribution is -2.72. The number of aryl methyl sites for hydroxylation is 1. The van der Waals surface area contributed by atoms with Gasteiger partial charge in [-0.05, 0) is 37.0 Å². The van der Waals surface area contributed by atoms with Crippen molar-refractivity contribution in [1.29, 1.82) is 0 Å². The average Bonchev–Trinajstić information content (AvgIpc) is 3.14. The predicted molar refractivity (Wildman–Crippen MR) is 132 cm³/mol. The fourth-order valence-electron chi connectivity index (χ4n) is 6.05. The summed E-state index contributed by atoms with van der Waals surface area (Å²) in [5, 5.41) is 2.46. The van der Waals surface area contributed by atoms with Crippen LogP contribution in [0.25, 0.3) is 5.65 Å². The number of benzene rings is 1. The highest BCUT2D eigenvalue weighted by atomic mass is 16.2. The number of anilines is 1. The number of carbonyl (C=O) groups is 3. The zero-order valence-electron chi connectivity index (χ0n) is 20.1. The molecule has 3 aromatic rings. The number of aromatic nitrogens is 2. The van der Waals surface area contributed by atoms with E-state index in [0.29, 0.717) is 30.0 Å². The average molecular weight is 486 g/mol. The van der Waals surface area contributed by atoms with Gasteiger partial charge in [0.1, 0.15) is 11.5 Å². The zero-order valence-corrected chi connectivity index (χ0v) is 20.1. The molecule has 2 saturated heterocycles. The van der Waals surface area contributed by atoms with Crippen molar-refractivity contribution in [1.82, 2.24) is 19.6 Å². The van der Waals surface area contributed by atoms with E-state index >= 15 is 0 Å². The number of hydrogen-bond acceptors (Lipinski definition) is 6. The van der Waals surface area contributed by atoms with Crippen molar-refractivity contribution in [3.05, 3.63) is 75.7 Å². The number of amides is 4. The van der Waals surface area contributed by atoms with Gasteiger partial charge in [-0.2, -0.15) is 0 Å². The van der Waals surface area contributed by atoms with Gasteiger partial charge in [0.2, 0.25) is 11.8 Å². The first kappa shape index (κ1) is 22.5. The Kier molecular flexibility index (Phi) is 5.17. The zero-order chi connectivity index (χ0) is 25.0. The number of hydrogen-bond donors (Lipinski definition) is 1. The summed E-state index contributed by atoms with van der Waals surface area (Å²) in [5.41, 5.74) is 0.693. The Morgan fingerprint density at radius 3 is 2.64 bits per heavy atom. The normalized spacial score (nSPS) is 23.9. The quantitative estimate of drug-likeness (QED) is 0.560. The van der Waals surface area contributed by atoms with Gasteiger partial charge in [-0.1, -0.05) is 49.2 Å². The lowest BCUT2D eigenvalue weighted by atomic mass is 9.68. The van der Waals surface area contributed by atoms with E-state index in [1.807, 2.05) is 48.2 Å². The first-order valence-corrected chi connectivity index (χ1v) is 12.4. The summed E-state index contributed by atoms with van der Waals surface area (Å²) < 4.78 is 1.48. The van der Waals surface area contributed by atoms with Crippen molar-refractivity contribution in [2.75, 3.05) is 11.4 Å². The summed E-state index contributed by atoms with van der Waals surface area (Å²) in [7, 11) is 0. The van der Waals surface area contributed by atoms with Crippen LogP contribution in [-0.4, -0.2) is 44.7 Å². The Labute approximate surface area is 207 Å².